The Balaban J connectivity index is 1.74. The number of unbranched alkanes of at least 4 members (excludes halogenated alkanes) is 4. The Morgan fingerprint density at radius 2 is 1.47 bits per heavy atom. The first kappa shape index (κ1) is 21.6. The van der Waals surface area contributed by atoms with Crippen molar-refractivity contribution in [1.82, 2.24) is 15.0 Å². The van der Waals surface area contributed by atoms with E-state index in [0.29, 0.717) is 29.6 Å². The maximum atomic E-state index is 13.7. The lowest BCUT2D eigenvalue weighted by Crippen LogP contribution is -2.09. The number of nitrogens with zero attached hydrogens (tertiary/aromatic N) is 3. The molecule has 0 bridgehead atoms. The van der Waals surface area contributed by atoms with Gasteiger partial charge < -0.3 is 16.4 Å². The van der Waals surface area contributed by atoms with Gasteiger partial charge in [0.15, 0.2) is 5.82 Å². The van der Waals surface area contributed by atoms with Crippen molar-refractivity contribution in [2.75, 3.05) is 23.7 Å². The van der Waals surface area contributed by atoms with Crippen LogP contribution in [0.5, 0.6) is 0 Å². The molecule has 0 unspecified atom stereocenters. The molecular formula is C22H26F2N6. The SMILES string of the molecule is NCCCCCCCNc1nc(Nc2cccc(F)c2)nc(-c2cccc(F)c2)n1. The molecule has 0 aliphatic rings. The Morgan fingerprint density at radius 1 is 0.767 bits per heavy atom. The van der Waals surface area contributed by atoms with Crippen LogP contribution >= 0.6 is 0 Å². The van der Waals surface area contributed by atoms with Crippen molar-refractivity contribution in [3.63, 3.8) is 0 Å². The van der Waals surface area contributed by atoms with E-state index in [-0.39, 0.29) is 17.6 Å². The monoisotopic (exact) mass is 412 g/mol. The molecule has 6 nitrogen and oxygen atoms in total. The standard InChI is InChI=1S/C22H26F2N6/c23-17-9-6-8-16(14-17)20-28-21(26-13-5-3-1-2-4-12-25)30-22(29-20)27-19-11-7-10-18(24)15-19/h6-11,14-15H,1-5,12-13,25H2,(H2,26,27,28,29,30). The maximum absolute atomic E-state index is 13.7. The fourth-order valence-electron chi connectivity index (χ4n) is 2.96. The number of hydrogen-bond donors (Lipinski definition) is 3. The van der Waals surface area contributed by atoms with Crippen LogP contribution in [0.4, 0.5) is 26.4 Å². The van der Waals surface area contributed by atoms with E-state index in [1.165, 1.54) is 24.3 Å². The van der Waals surface area contributed by atoms with Crippen molar-refractivity contribution < 1.29 is 8.78 Å². The molecule has 0 spiro atoms. The Bertz CT molecular complexity index is 950. The third-order valence-electron chi connectivity index (χ3n) is 4.46. The first-order valence-electron chi connectivity index (χ1n) is 10.1. The molecule has 0 atom stereocenters. The van der Waals surface area contributed by atoms with Gasteiger partial charge in [-0.25, -0.2) is 8.78 Å². The minimum absolute atomic E-state index is 0.250. The molecule has 30 heavy (non-hydrogen) atoms. The summed E-state index contributed by atoms with van der Waals surface area (Å²) in [5, 5.41) is 6.19. The lowest BCUT2D eigenvalue weighted by atomic mass is 10.1. The van der Waals surface area contributed by atoms with Gasteiger partial charge in [-0.15, -0.1) is 0 Å². The summed E-state index contributed by atoms with van der Waals surface area (Å²) in [7, 11) is 0. The summed E-state index contributed by atoms with van der Waals surface area (Å²) in [5.74, 6) is 0.214. The normalized spacial score (nSPS) is 10.8. The molecule has 0 saturated carbocycles. The van der Waals surface area contributed by atoms with Gasteiger partial charge in [-0.1, -0.05) is 37.5 Å². The molecule has 3 aromatic rings. The second-order valence-corrected chi connectivity index (χ2v) is 6.94. The number of benzene rings is 2. The molecule has 1 aromatic heterocycles. The zero-order chi connectivity index (χ0) is 21.2. The predicted octanol–water partition coefficient (Wildman–Crippen LogP) is 4.88. The van der Waals surface area contributed by atoms with E-state index in [4.69, 9.17) is 5.73 Å². The van der Waals surface area contributed by atoms with E-state index in [1.807, 2.05) is 0 Å². The predicted molar refractivity (Wildman–Crippen MR) is 116 cm³/mol. The smallest absolute Gasteiger partial charge is 0.232 e. The summed E-state index contributed by atoms with van der Waals surface area (Å²) in [6.45, 7) is 1.43. The lowest BCUT2D eigenvalue weighted by molar-refractivity contribution is 0.627. The highest BCUT2D eigenvalue weighted by molar-refractivity contribution is 5.61. The molecule has 158 valence electrons. The van der Waals surface area contributed by atoms with Crippen molar-refractivity contribution in [2.24, 2.45) is 5.73 Å². The molecular weight excluding hydrogens is 386 g/mol. The van der Waals surface area contributed by atoms with E-state index in [2.05, 4.69) is 25.6 Å². The molecule has 8 heteroatoms. The molecule has 4 N–H and O–H groups in total. The molecule has 0 radical (unpaired) electrons. The van der Waals surface area contributed by atoms with Crippen LogP contribution in [0.3, 0.4) is 0 Å². The number of hydrogen-bond acceptors (Lipinski definition) is 6. The van der Waals surface area contributed by atoms with E-state index in [0.717, 1.165) is 38.6 Å². The molecule has 3 rings (SSSR count). The largest absolute Gasteiger partial charge is 0.354 e. The van der Waals surface area contributed by atoms with Crippen LogP contribution in [-0.4, -0.2) is 28.0 Å². The van der Waals surface area contributed by atoms with Crippen LogP contribution in [0.15, 0.2) is 48.5 Å². The topological polar surface area (TPSA) is 88.8 Å². The van der Waals surface area contributed by atoms with E-state index in [9.17, 15) is 8.78 Å². The van der Waals surface area contributed by atoms with E-state index in [1.54, 1.807) is 24.3 Å². The highest BCUT2D eigenvalue weighted by Gasteiger charge is 2.10. The van der Waals surface area contributed by atoms with E-state index >= 15 is 0 Å². The van der Waals surface area contributed by atoms with Gasteiger partial charge in [0.2, 0.25) is 11.9 Å². The van der Waals surface area contributed by atoms with Gasteiger partial charge in [0.05, 0.1) is 0 Å². The molecule has 0 aliphatic heterocycles. The van der Waals surface area contributed by atoms with Gasteiger partial charge in [0.25, 0.3) is 0 Å². The molecule has 0 amide bonds. The molecule has 0 aliphatic carbocycles. The maximum Gasteiger partial charge on any atom is 0.232 e. The van der Waals surface area contributed by atoms with Crippen molar-refractivity contribution in [2.45, 2.75) is 32.1 Å². The Hall–Kier alpha value is -3.13. The Labute approximate surface area is 175 Å². The quantitative estimate of drug-likeness (QED) is 0.389. The number of halogens is 2. The summed E-state index contributed by atoms with van der Waals surface area (Å²) >= 11 is 0. The van der Waals surface area contributed by atoms with Crippen LogP contribution in [0.2, 0.25) is 0 Å². The molecule has 0 saturated heterocycles. The van der Waals surface area contributed by atoms with Crippen molar-refractivity contribution in [3.05, 3.63) is 60.2 Å². The summed E-state index contributed by atoms with van der Waals surface area (Å²) in [6, 6.07) is 12.1. The highest BCUT2D eigenvalue weighted by atomic mass is 19.1. The fraction of sp³-hybridized carbons (Fsp3) is 0.318. The van der Waals surface area contributed by atoms with Gasteiger partial charge in [-0.2, -0.15) is 15.0 Å². The minimum Gasteiger partial charge on any atom is -0.354 e. The highest BCUT2D eigenvalue weighted by Crippen LogP contribution is 2.21. The zero-order valence-electron chi connectivity index (χ0n) is 16.7. The van der Waals surface area contributed by atoms with Crippen molar-refractivity contribution in [3.8, 4) is 11.4 Å². The molecule has 2 aromatic carbocycles. The number of nitrogens with one attached hydrogen (secondary N) is 2. The summed E-state index contributed by atoms with van der Waals surface area (Å²) in [5.41, 5.74) is 6.55. The lowest BCUT2D eigenvalue weighted by Gasteiger charge is -2.11. The third kappa shape index (κ3) is 6.73. The first-order valence-corrected chi connectivity index (χ1v) is 10.1. The summed E-state index contributed by atoms with van der Waals surface area (Å²) in [6.07, 6.45) is 5.37. The van der Waals surface area contributed by atoms with Crippen LogP contribution < -0.4 is 16.4 Å². The number of rotatable bonds is 11. The van der Waals surface area contributed by atoms with Gasteiger partial charge >= 0.3 is 0 Å². The van der Waals surface area contributed by atoms with Crippen LogP contribution in [0, 0.1) is 11.6 Å². The van der Waals surface area contributed by atoms with Gasteiger partial charge in [0, 0.05) is 17.8 Å². The average Bonchev–Trinajstić information content (AvgIpc) is 2.73. The summed E-state index contributed by atoms with van der Waals surface area (Å²) in [4.78, 5) is 13.2. The number of aromatic nitrogens is 3. The second-order valence-electron chi connectivity index (χ2n) is 6.94. The zero-order valence-corrected chi connectivity index (χ0v) is 16.7. The van der Waals surface area contributed by atoms with Gasteiger partial charge in [-0.05, 0) is 49.7 Å². The number of nitrogens with two attached hydrogens (primary N) is 1. The third-order valence-corrected chi connectivity index (χ3v) is 4.46. The average molecular weight is 412 g/mol. The van der Waals surface area contributed by atoms with Gasteiger partial charge in [0.1, 0.15) is 11.6 Å². The Morgan fingerprint density at radius 3 is 2.23 bits per heavy atom. The summed E-state index contributed by atoms with van der Waals surface area (Å²) < 4.78 is 27.2. The Kier molecular flexibility index (Phi) is 8.02. The van der Waals surface area contributed by atoms with Crippen LogP contribution in [0.1, 0.15) is 32.1 Å². The fourth-order valence-corrected chi connectivity index (χ4v) is 2.96. The molecule has 1 heterocycles. The van der Waals surface area contributed by atoms with Crippen molar-refractivity contribution in [1.29, 1.82) is 0 Å². The van der Waals surface area contributed by atoms with Gasteiger partial charge in [-0.3, -0.25) is 0 Å². The second kappa shape index (κ2) is 11.2. The van der Waals surface area contributed by atoms with Crippen molar-refractivity contribution >= 4 is 17.6 Å². The van der Waals surface area contributed by atoms with Crippen LogP contribution in [-0.2, 0) is 0 Å². The molecule has 0 fully saturated rings. The van der Waals surface area contributed by atoms with E-state index < -0.39 is 0 Å². The number of anilines is 3. The first-order chi connectivity index (χ1) is 14.6. The minimum atomic E-state index is -0.375. The van der Waals surface area contributed by atoms with Crippen LogP contribution in [0.25, 0.3) is 11.4 Å².